The van der Waals surface area contributed by atoms with E-state index < -0.39 is 0 Å². The molecule has 28 heavy (non-hydrogen) atoms. The minimum absolute atomic E-state index is 0.153. The highest BCUT2D eigenvalue weighted by molar-refractivity contribution is 7.09. The summed E-state index contributed by atoms with van der Waals surface area (Å²) >= 11 is 1.47. The Labute approximate surface area is 168 Å². The van der Waals surface area contributed by atoms with Crippen LogP contribution in [-0.2, 0) is 22.7 Å². The van der Waals surface area contributed by atoms with Crippen molar-refractivity contribution in [2.24, 2.45) is 0 Å². The fourth-order valence-electron chi connectivity index (χ4n) is 2.33. The number of nitrogens with zero attached hydrogens (tertiary/aromatic N) is 1. The Morgan fingerprint density at radius 2 is 1.75 bits per heavy atom. The number of rotatable bonds is 10. The van der Waals surface area contributed by atoms with Crippen molar-refractivity contribution >= 4 is 17.2 Å². The molecule has 0 atom stereocenters. The number of hydrogen-bond donors (Lipinski definition) is 1. The summed E-state index contributed by atoms with van der Waals surface area (Å²) in [6.45, 7) is 3.01. The average molecular weight is 398 g/mol. The van der Waals surface area contributed by atoms with Crippen molar-refractivity contribution in [3.8, 4) is 11.5 Å². The second-order valence-electron chi connectivity index (χ2n) is 6.05. The first kappa shape index (κ1) is 19.9. The molecule has 1 amide bonds. The molecule has 0 unspecified atom stereocenters. The van der Waals surface area contributed by atoms with E-state index >= 15 is 0 Å². The van der Waals surface area contributed by atoms with Crippen molar-refractivity contribution in [2.45, 2.75) is 20.0 Å². The topological polar surface area (TPSA) is 69.7 Å². The van der Waals surface area contributed by atoms with Crippen LogP contribution in [-0.4, -0.2) is 24.1 Å². The number of benzene rings is 2. The Hall–Kier alpha value is -2.90. The summed E-state index contributed by atoms with van der Waals surface area (Å²) < 4.78 is 11.2. The molecule has 146 valence electrons. The van der Waals surface area contributed by atoms with E-state index in [1.54, 1.807) is 0 Å². The third kappa shape index (κ3) is 6.68. The largest absolute Gasteiger partial charge is 0.491 e. The number of carbonyl (C=O) groups is 1. The lowest BCUT2D eigenvalue weighted by atomic mass is 10.2. The van der Waals surface area contributed by atoms with Crippen LogP contribution in [0.2, 0.25) is 0 Å². The van der Waals surface area contributed by atoms with Gasteiger partial charge in [0.25, 0.3) is 0 Å². The predicted octanol–water partition coefficient (Wildman–Crippen LogP) is 3.70. The first-order valence-electron chi connectivity index (χ1n) is 8.90. The molecular formula is C21H22N2O4S. The van der Waals surface area contributed by atoms with Gasteiger partial charge < -0.3 is 9.47 Å². The van der Waals surface area contributed by atoms with Crippen LogP contribution in [0.3, 0.4) is 0 Å². The van der Waals surface area contributed by atoms with Crippen molar-refractivity contribution in [2.75, 3.05) is 13.2 Å². The summed E-state index contributed by atoms with van der Waals surface area (Å²) in [5.74, 6) is 1.31. The van der Waals surface area contributed by atoms with Crippen LogP contribution in [0, 0.1) is 6.92 Å². The molecule has 0 fully saturated rings. The number of amides is 1. The van der Waals surface area contributed by atoms with Crippen LogP contribution in [0.15, 0.2) is 60.0 Å². The molecule has 1 N–H and O–H groups in total. The predicted molar refractivity (Wildman–Crippen MR) is 107 cm³/mol. The van der Waals surface area contributed by atoms with E-state index in [-0.39, 0.29) is 18.9 Å². The number of nitrogens with one attached hydrogen (secondary N) is 1. The van der Waals surface area contributed by atoms with E-state index in [0.29, 0.717) is 18.9 Å². The quantitative estimate of drug-likeness (QED) is 0.417. The summed E-state index contributed by atoms with van der Waals surface area (Å²) in [6, 6.07) is 17.3. The lowest BCUT2D eigenvalue weighted by Gasteiger charge is -2.07. The summed E-state index contributed by atoms with van der Waals surface area (Å²) in [6.07, 6.45) is 0.153. The molecule has 6 nitrogen and oxygen atoms in total. The van der Waals surface area contributed by atoms with Crippen LogP contribution in [0.5, 0.6) is 11.5 Å². The van der Waals surface area contributed by atoms with Gasteiger partial charge in [-0.2, -0.15) is 0 Å². The van der Waals surface area contributed by atoms with Crippen molar-refractivity contribution in [3.05, 3.63) is 76.2 Å². The normalized spacial score (nSPS) is 10.5. The summed E-state index contributed by atoms with van der Waals surface area (Å²) in [5.41, 5.74) is 4.28. The summed E-state index contributed by atoms with van der Waals surface area (Å²) in [4.78, 5) is 21.5. The molecule has 0 bridgehead atoms. The van der Waals surface area contributed by atoms with Crippen LogP contribution < -0.4 is 15.0 Å². The molecule has 0 saturated heterocycles. The first-order valence-corrected chi connectivity index (χ1v) is 9.78. The monoisotopic (exact) mass is 398 g/mol. The smallest absolute Gasteiger partial charge is 0.249 e. The molecule has 0 aliphatic rings. The van der Waals surface area contributed by atoms with Crippen LogP contribution in [0.1, 0.15) is 16.3 Å². The van der Waals surface area contributed by atoms with Gasteiger partial charge in [-0.15, -0.1) is 11.3 Å². The maximum absolute atomic E-state index is 11.9. The molecule has 0 saturated carbocycles. The molecule has 3 aromatic rings. The highest BCUT2D eigenvalue weighted by atomic mass is 32.1. The number of aromatic nitrogens is 1. The average Bonchev–Trinajstić information content (AvgIpc) is 3.15. The third-order valence-electron chi connectivity index (χ3n) is 3.71. The Morgan fingerprint density at radius 3 is 2.54 bits per heavy atom. The van der Waals surface area contributed by atoms with Gasteiger partial charge in [-0.3, -0.25) is 9.63 Å². The number of para-hydroxylation sites is 1. The summed E-state index contributed by atoms with van der Waals surface area (Å²) in [5, 5.41) is 2.67. The van der Waals surface area contributed by atoms with Crippen molar-refractivity contribution in [1.29, 1.82) is 0 Å². The molecule has 1 aromatic heterocycles. The lowest BCUT2D eigenvalue weighted by molar-refractivity contribution is -0.133. The van der Waals surface area contributed by atoms with E-state index in [4.69, 9.17) is 14.3 Å². The highest BCUT2D eigenvalue weighted by Crippen LogP contribution is 2.16. The standard InChI is InChI=1S/C21H22N2O4S/c1-16-7-9-19(10-8-16)26-14-21-22-17(15-28-21)13-20(24)23-27-12-11-25-18-5-3-2-4-6-18/h2-10,15H,11-14H2,1H3,(H,23,24). The SMILES string of the molecule is Cc1ccc(OCc2nc(CC(=O)NOCCOc3ccccc3)cs2)cc1. The Morgan fingerprint density at radius 1 is 1.00 bits per heavy atom. The zero-order chi connectivity index (χ0) is 19.6. The maximum Gasteiger partial charge on any atom is 0.249 e. The van der Waals surface area contributed by atoms with Crippen LogP contribution in [0.25, 0.3) is 0 Å². The maximum atomic E-state index is 11.9. The minimum atomic E-state index is -0.254. The summed E-state index contributed by atoms with van der Waals surface area (Å²) in [7, 11) is 0. The molecule has 0 spiro atoms. The molecule has 3 rings (SSSR count). The molecule has 0 aliphatic carbocycles. The second kappa shape index (κ2) is 10.4. The molecule has 0 aliphatic heterocycles. The Bertz CT molecular complexity index is 866. The fourth-order valence-corrected chi connectivity index (χ4v) is 3.03. The van der Waals surface area contributed by atoms with Gasteiger partial charge in [0.05, 0.1) is 12.1 Å². The van der Waals surface area contributed by atoms with E-state index in [2.05, 4.69) is 10.5 Å². The molecular weight excluding hydrogens is 376 g/mol. The van der Waals surface area contributed by atoms with Gasteiger partial charge in [0.15, 0.2) is 0 Å². The molecule has 2 aromatic carbocycles. The van der Waals surface area contributed by atoms with Gasteiger partial charge in [0, 0.05) is 5.38 Å². The van der Waals surface area contributed by atoms with Crippen LogP contribution in [0.4, 0.5) is 0 Å². The van der Waals surface area contributed by atoms with Crippen LogP contribution >= 0.6 is 11.3 Å². The van der Waals surface area contributed by atoms with E-state index in [9.17, 15) is 4.79 Å². The van der Waals surface area contributed by atoms with Gasteiger partial charge in [-0.25, -0.2) is 10.5 Å². The number of hydroxylamine groups is 1. The molecule has 7 heteroatoms. The molecule has 0 radical (unpaired) electrons. The number of thiazole rings is 1. The number of carbonyl (C=O) groups excluding carboxylic acids is 1. The van der Waals surface area contributed by atoms with Crippen molar-refractivity contribution < 1.29 is 19.1 Å². The fraction of sp³-hybridized carbons (Fsp3) is 0.238. The molecule has 1 heterocycles. The number of ether oxygens (including phenoxy) is 2. The van der Waals surface area contributed by atoms with Gasteiger partial charge >= 0.3 is 0 Å². The Kier molecular flexibility index (Phi) is 7.40. The first-order chi connectivity index (χ1) is 13.7. The minimum Gasteiger partial charge on any atom is -0.491 e. The second-order valence-corrected chi connectivity index (χ2v) is 6.99. The van der Waals surface area contributed by atoms with E-state index in [1.165, 1.54) is 16.9 Å². The zero-order valence-electron chi connectivity index (χ0n) is 15.6. The number of aryl methyl sites for hydroxylation is 1. The highest BCUT2D eigenvalue weighted by Gasteiger charge is 2.08. The van der Waals surface area contributed by atoms with E-state index in [0.717, 1.165) is 16.5 Å². The van der Waals surface area contributed by atoms with E-state index in [1.807, 2.05) is 66.9 Å². The lowest BCUT2D eigenvalue weighted by Crippen LogP contribution is -2.27. The third-order valence-corrected chi connectivity index (χ3v) is 4.58. The van der Waals surface area contributed by atoms with Gasteiger partial charge in [-0.05, 0) is 31.2 Å². The Balaban J connectivity index is 1.32. The van der Waals surface area contributed by atoms with Crippen molar-refractivity contribution in [1.82, 2.24) is 10.5 Å². The van der Waals surface area contributed by atoms with Gasteiger partial charge in [-0.1, -0.05) is 35.9 Å². The van der Waals surface area contributed by atoms with Gasteiger partial charge in [0.1, 0.15) is 36.3 Å². The van der Waals surface area contributed by atoms with Crippen molar-refractivity contribution in [3.63, 3.8) is 0 Å². The number of hydrogen-bond acceptors (Lipinski definition) is 6. The zero-order valence-corrected chi connectivity index (χ0v) is 16.4. The van der Waals surface area contributed by atoms with Gasteiger partial charge in [0.2, 0.25) is 5.91 Å².